The minimum Gasteiger partial charge on any atom is -0.373 e. The normalized spacial score (nSPS) is 32.6. The van der Waals surface area contributed by atoms with Crippen molar-refractivity contribution in [3.63, 3.8) is 0 Å². The van der Waals surface area contributed by atoms with Crippen molar-refractivity contribution in [1.82, 2.24) is 10.6 Å². The number of hydrogen-bond donors (Lipinski definition) is 2. The highest BCUT2D eigenvalue weighted by molar-refractivity contribution is 14.0. The van der Waals surface area contributed by atoms with Crippen LogP contribution in [0.5, 0.6) is 0 Å². The second kappa shape index (κ2) is 8.41. The molecule has 1 aliphatic carbocycles. The topological polar surface area (TPSA) is 45.7 Å². The van der Waals surface area contributed by atoms with E-state index >= 15 is 0 Å². The zero-order chi connectivity index (χ0) is 13.7. The third-order valence-electron chi connectivity index (χ3n) is 4.12. The molecule has 20 heavy (non-hydrogen) atoms. The molecule has 1 aliphatic heterocycles. The molecule has 3 unspecified atom stereocenters. The Morgan fingerprint density at radius 1 is 1.40 bits per heavy atom. The van der Waals surface area contributed by atoms with Crippen molar-refractivity contribution in [2.75, 3.05) is 19.7 Å². The van der Waals surface area contributed by atoms with Crippen molar-refractivity contribution >= 4 is 29.9 Å². The average molecular weight is 395 g/mol. The number of hydrogen-bond acceptors (Lipinski definition) is 2. The summed E-state index contributed by atoms with van der Waals surface area (Å²) in [6, 6.07) is 0.634. The van der Waals surface area contributed by atoms with E-state index in [0.29, 0.717) is 6.04 Å². The molecule has 0 radical (unpaired) electrons. The molecule has 0 bridgehead atoms. The summed E-state index contributed by atoms with van der Waals surface area (Å²) in [6.45, 7) is 9.09. The van der Waals surface area contributed by atoms with Gasteiger partial charge in [0.15, 0.2) is 5.96 Å². The Kier molecular flexibility index (Phi) is 7.58. The Labute approximate surface area is 140 Å². The van der Waals surface area contributed by atoms with E-state index in [4.69, 9.17) is 9.73 Å². The highest BCUT2D eigenvalue weighted by Crippen LogP contribution is 2.34. The minimum atomic E-state index is -0.0469. The van der Waals surface area contributed by atoms with Crippen molar-refractivity contribution in [3.8, 4) is 0 Å². The van der Waals surface area contributed by atoms with E-state index in [1.54, 1.807) is 0 Å². The maximum Gasteiger partial charge on any atom is 0.191 e. The minimum absolute atomic E-state index is 0. The molecule has 4 nitrogen and oxygen atoms in total. The van der Waals surface area contributed by atoms with E-state index in [1.807, 2.05) is 0 Å². The average Bonchev–Trinajstić information content (AvgIpc) is 2.95. The molecule has 0 aromatic rings. The van der Waals surface area contributed by atoms with E-state index < -0.39 is 0 Å². The number of rotatable bonds is 6. The second-order valence-electron chi connectivity index (χ2n) is 6.13. The van der Waals surface area contributed by atoms with Crippen LogP contribution in [0.4, 0.5) is 0 Å². The van der Waals surface area contributed by atoms with Gasteiger partial charge in [-0.3, -0.25) is 4.99 Å². The highest BCUT2D eigenvalue weighted by atomic mass is 127. The molecular formula is C15H30IN3O. The van der Waals surface area contributed by atoms with Gasteiger partial charge in [-0.25, -0.2) is 0 Å². The SMILES string of the molecule is CCCC1CC1NC(=NCC1(C)CCCO1)NCC.I. The highest BCUT2D eigenvalue weighted by Gasteiger charge is 2.37. The van der Waals surface area contributed by atoms with Gasteiger partial charge in [-0.1, -0.05) is 13.3 Å². The molecule has 3 atom stereocenters. The van der Waals surface area contributed by atoms with Crippen LogP contribution < -0.4 is 10.6 Å². The first-order valence-corrected chi connectivity index (χ1v) is 7.85. The van der Waals surface area contributed by atoms with Gasteiger partial charge in [0.25, 0.3) is 0 Å². The smallest absolute Gasteiger partial charge is 0.191 e. The van der Waals surface area contributed by atoms with Gasteiger partial charge in [0.05, 0.1) is 12.1 Å². The maximum absolute atomic E-state index is 5.79. The van der Waals surface area contributed by atoms with Gasteiger partial charge in [-0.15, -0.1) is 24.0 Å². The van der Waals surface area contributed by atoms with Gasteiger partial charge in [0, 0.05) is 19.2 Å². The molecular weight excluding hydrogens is 365 g/mol. The van der Waals surface area contributed by atoms with Crippen LogP contribution in [0, 0.1) is 5.92 Å². The second-order valence-corrected chi connectivity index (χ2v) is 6.13. The number of halogens is 1. The Morgan fingerprint density at radius 3 is 2.80 bits per heavy atom. The predicted molar refractivity (Wildman–Crippen MR) is 94.9 cm³/mol. The fourth-order valence-corrected chi connectivity index (χ4v) is 2.82. The zero-order valence-corrected chi connectivity index (χ0v) is 15.4. The Morgan fingerprint density at radius 2 is 2.20 bits per heavy atom. The molecule has 2 rings (SSSR count). The summed E-state index contributed by atoms with van der Waals surface area (Å²) < 4.78 is 5.79. The molecule has 1 heterocycles. The fourth-order valence-electron chi connectivity index (χ4n) is 2.82. The molecule has 118 valence electrons. The van der Waals surface area contributed by atoms with Gasteiger partial charge in [-0.05, 0) is 45.4 Å². The zero-order valence-electron chi connectivity index (χ0n) is 13.1. The van der Waals surface area contributed by atoms with Crippen LogP contribution in [-0.2, 0) is 4.74 Å². The summed E-state index contributed by atoms with van der Waals surface area (Å²) in [7, 11) is 0. The molecule has 0 spiro atoms. The van der Waals surface area contributed by atoms with Crippen LogP contribution >= 0.6 is 24.0 Å². The van der Waals surface area contributed by atoms with E-state index in [2.05, 4.69) is 31.4 Å². The lowest BCUT2D eigenvalue weighted by molar-refractivity contribution is 0.0283. The Bertz CT molecular complexity index is 316. The largest absolute Gasteiger partial charge is 0.373 e. The van der Waals surface area contributed by atoms with Gasteiger partial charge < -0.3 is 15.4 Å². The molecule has 0 amide bonds. The van der Waals surface area contributed by atoms with Crippen LogP contribution in [0.2, 0.25) is 0 Å². The monoisotopic (exact) mass is 395 g/mol. The summed E-state index contributed by atoms with van der Waals surface area (Å²) in [5, 5.41) is 6.89. The Hall–Kier alpha value is -0.0400. The van der Waals surface area contributed by atoms with Crippen molar-refractivity contribution < 1.29 is 4.74 Å². The van der Waals surface area contributed by atoms with Crippen molar-refractivity contribution in [2.45, 2.75) is 64.5 Å². The van der Waals surface area contributed by atoms with E-state index in [9.17, 15) is 0 Å². The molecule has 5 heteroatoms. The summed E-state index contributed by atoms with van der Waals surface area (Å²) in [4.78, 5) is 4.71. The molecule has 2 N–H and O–H groups in total. The quantitative estimate of drug-likeness (QED) is 0.413. The van der Waals surface area contributed by atoms with E-state index in [-0.39, 0.29) is 29.6 Å². The van der Waals surface area contributed by atoms with Gasteiger partial charge in [0.1, 0.15) is 0 Å². The summed E-state index contributed by atoms with van der Waals surface area (Å²) in [5.41, 5.74) is -0.0469. The van der Waals surface area contributed by atoms with Crippen molar-refractivity contribution in [3.05, 3.63) is 0 Å². The molecule has 0 aromatic carbocycles. The predicted octanol–water partition coefficient (Wildman–Crippen LogP) is 2.92. The summed E-state index contributed by atoms with van der Waals surface area (Å²) in [5.74, 6) is 1.81. The summed E-state index contributed by atoms with van der Waals surface area (Å²) >= 11 is 0. The van der Waals surface area contributed by atoms with Crippen LogP contribution in [0.25, 0.3) is 0 Å². The standard InChI is InChI=1S/C15H29N3O.HI/c1-4-7-12-10-13(12)18-14(16-5-2)17-11-15(3)8-6-9-19-15;/h12-13H,4-11H2,1-3H3,(H2,16,17,18);1H. The first-order chi connectivity index (χ1) is 9.17. The molecule has 1 saturated heterocycles. The van der Waals surface area contributed by atoms with Crippen LogP contribution in [0.15, 0.2) is 4.99 Å². The number of guanidine groups is 1. The number of aliphatic imine (C=N–C) groups is 1. The third-order valence-corrected chi connectivity index (χ3v) is 4.12. The fraction of sp³-hybridized carbons (Fsp3) is 0.933. The van der Waals surface area contributed by atoms with E-state index in [0.717, 1.165) is 44.4 Å². The van der Waals surface area contributed by atoms with E-state index in [1.165, 1.54) is 19.3 Å². The molecule has 0 aromatic heterocycles. The lowest BCUT2D eigenvalue weighted by Gasteiger charge is -2.21. The van der Waals surface area contributed by atoms with Crippen LogP contribution in [0.1, 0.15) is 52.9 Å². The lowest BCUT2D eigenvalue weighted by atomic mass is 10.0. The van der Waals surface area contributed by atoms with Gasteiger partial charge >= 0.3 is 0 Å². The van der Waals surface area contributed by atoms with Gasteiger partial charge in [0.2, 0.25) is 0 Å². The third kappa shape index (κ3) is 5.39. The van der Waals surface area contributed by atoms with Crippen molar-refractivity contribution in [1.29, 1.82) is 0 Å². The van der Waals surface area contributed by atoms with Crippen LogP contribution in [0.3, 0.4) is 0 Å². The maximum atomic E-state index is 5.79. The Balaban J connectivity index is 0.00000200. The van der Waals surface area contributed by atoms with Crippen LogP contribution in [-0.4, -0.2) is 37.3 Å². The van der Waals surface area contributed by atoms with Crippen molar-refractivity contribution in [2.24, 2.45) is 10.9 Å². The molecule has 2 aliphatic rings. The number of ether oxygens (including phenoxy) is 1. The van der Waals surface area contributed by atoms with Gasteiger partial charge in [-0.2, -0.15) is 0 Å². The number of nitrogens with one attached hydrogen (secondary N) is 2. The number of nitrogens with zero attached hydrogens (tertiary/aromatic N) is 1. The lowest BCUT2D eigenvalue weighted by Crippen LogP contribution is -2.40. The first-order valence-electron chi connectivity index (χ1n) is 7.85. The molecule has 1 saturated carbocycles. The molecule has 2 fully saturated rings. The summed E-state index contributed by atoms with van der Waals surface area (Å²) in [6.07, 6.45) is 6.20. The first kappa shape index (κ1) is 18.0.